The number of hydrogen-bond acceptors (Lipinski definition) is 0. The van der Waals surface area contributed by atoms with Crippen LogP contribution in [0.3, 0.4) is 0 Å². The van der Waals surface area contributed by atoms with Gasteiger partial charge in [-0.15, -0.1) is 0 Å². The molecule has 0 aromatic heterocycles. The molecule has 19 heavy (non-hydrogen) atoms. The summed E-state index contributed by atoms with van der Waals surface area (Å²) in [5, 5.41) is 0. The highest BCUT2D eigenvalue weighted by atomic mass is 14.4. The number of benzene rings is 1. The molecule has 0 N–H and O–H groups in total. The smallest absolute Gasteiger partial charge is 0.0100 e. The molecule has 0 heteroatoms. The van der Waals surface area contributed by atoms with E-state index in [1.54, 1.807) is 11.1 Å². The minimum Gasteiger partial charge on any atom is -0.0646 e. The zero-order valence-electron chi connectivity index (χ0n) is 14.2. The van der Waals surface area contributed by atoms with Crippen molar-refractivity contribution in [1.29, 1.82) is 0 Å². The predicted octanol–water partition coefficient (Wildman–Crippen LogP) is 6.19. The molecular formula is C19H32. The maximum Gasteiger partial charge on any atom is -0.0100 e. The molecular weight excluding hydrogens is 228 g/mol. The Morgan fingerprint density at radius 2 is 1.42 bits per heavy atom. The summed E-state index contributed by atoms with van der Waals surface area (Å²) >= 11 is 0. The molecule has 1 aromatic carbocycles. The fourth-order valence-electron chi connectivity index (χ4n) is 2.74. The lowest BCUT2D eigenvalue weighted by atomic mass is 9.68. The van der Waals surface area contributed by atoms with Crippen LogP contribution in [0, 0.1) is 0 Å². The van der Waals surface area contributed by atoms with E-state index in [0.29, 0.717) is 5.92 Å². The van der Waals surface area contributed by atoms with Crippen LogP contribution < -0.4 is 0 Å². The third-order valence-corrected chi connectivity index (χ3v) is 4.89. The minimum atomic E-state index is 0.253. The second kappa shape index (κ2) is 5.69. The van der Waals surface area contributed by atoms with Crippen LogP contribution in [0.2, 0.25) is 0 Å². The second-order valence-electron chi connectivity index (χ2n) is 7.40. The Hall–Kier alpha value is -0.780. The first kappa shape index (κ1) is 16.3. The molecule has 1 aromatic rings. The van der Waals surface area contributed by atoms with Crippen molar-refractivity contribution >= 4 is 0 Å². The van der Waals surface area contributed by atoms with Crippen LogP contribution in [0.5, 0.6) is 0 Å². The summed E-state index contributed by atoms with van der Waals surface area (Å²) in [6, 6.07) is 6.92. The van der Waals surface area contributed by atoms with E-state index in [1.807, 2.05) is 0 Å². The van der Waals surface area contributed by atoms with Crippen LogP contribution in [0.15, 0.2) is 18.2 Å². The quantitative estimate of drug-likeness (QED) is 0.592. The van der Waals surface area contributed by atoms with Crippen LogP contribution >= 0.6 is 0 Å². The Kier molecular flexibility index (Phi) is 4.87. The molecule has 0 amide bonds. The minimum absolute atomic E-state index is 0.253. The van der Waals surface area contributed by atoms with Gasteiger partial charge in [-0.2, -0.15) is 0 Å². The Labute approximate surface area is 120 Å². The molecule has 0 radical (unpaired) electrons. The SMILES string of the molecule is CCC(C)(C)c1cccc(C(C)C)c1C(C)(C)CC. The first-order valence-electron chi connectivity index (χ1n) is 7.81. The van der Waals surface area contributed by atoms with Gasteiger partial charge in [0.15, 0.2) is 0 Å². The van der Waals surface area contributed by atoms with Crippen LogP contribution in [0.4, 0.5) is 0 Å². The summed E-state index contributed by atoms with van der Waals surface area (Å²) < 4.78 is 0. The van der Waals surface area contributed by atoms with Crippen molar-refractivity contribution in [3.05, 3.63) is 34.9 Å². The summed E-state index contributed by atoms with van der Waals surface area (Å²) in [7, 11) is 0. The van der Waals surface area contributed by atoms with Crippen LogP contribution in [-0.2, 0) is 10.8 Å². The van der Waals surface area contributed by atoms with Crippen molar-refractivity contribution in [3.8, 4) is 0 Å². The molecule has 0 aliphatic rings. The van der Waals surface area contributed by atoms with Crippen molar-refractivity contribution in [3.63, 3.8) is 0 Å². The van der Waals surface area contributed by atoms with E-state index in [4.69, 9.17) is 0 Å². The van der Waals surface area contributed by atoms with Gasteiger partial charge in [-0.05, 0) is 46.3 Å². The second-order valence-corrected chi connectivity index (χ2v) is 7.40. The van der Waals surface area contributed by atoms with E-state index >= 15 is 0 Å². The Balaban J connectivity index is 3.61. The topological polar surface area (TPSA) is 0 Å². The first-order valence-corrected chi connectivity index (χ1v) is 7.81. The van der Waals surface area contributed by atoms with E-state index in [-0.39, 0.29) is 10.8 Å². The molecule has 0 unspecified atom stereocenters. The molecule has 0 aliphatic carbocycles. The Bertz CT molecular complexity index is 422. The van der Waals surface area contributed by atoms with E-state index in [1.165, 1.54) is 18.4 Å². The lowest BCUT2D eigenvalue weighted by Crippen LogP contribution is -2.27. The molecule has 1 rings (SSSR count). The fourth-order valence-corrected chi connectivity index (χ4v) is 2.74. The van der Waals surface area contributed by atoms with Crippen LogP contribution in [0.1, 0.15) is 90.8 Å². The predicted molar refractivity (Wildman–Crippen MR) is 87.2 cm³/mol. The van der Waals surface area contributed by atoms with Gasteiger partial charge in [0.2, 0.25) is 0 Å². The van der Waals surface area contributed by atoms with Crippen molar-refractivity contribution in [2.45, 2.75) is 85.0 Å². The van der Waals surface area contributed by atoms with E-state index < -0.39 is 0 Å². The summed E-state index contributed by atoms with van der Waals surface area (Å²) in [5.41, 5.74) is 5.19. The first-order chi connectivity index (χ1) is 8.67. The molecule has 0 fully saturated rings. The van der Waals surface area contributed by atoms with Crippen molar-refractivity contribution in [2.24, 2.45) is 0 Å². The van der Waals surface area contributed by atoms with E-state index in [9.17, 15) is 0 Å². The fraction of sp³-hybridized carbons (Fsp3) is 0.684. The highest BCUT2D eigenvalue weighted by Crippen LogP contribution is 2.41. The summed E-state index contributed by atoms with van der Waals surface area (Å²) in [6.45, 7) is 18.8. The molecule has 0 aliphatic heterocycles. The van der Waals surface area contributed by atoms with Gasteiger partial charge in [0.25, 0.3) is 0 Å². The van der Waals surface area contributed by atoms with Crippen molar-refractivity contribution in [2.75, 3.05) is 0 Å². The molecule has 0 nitrogen and oxygen atoms in total. The van der Waals surface area contributed by atoms with Gasteiger partial charge in [-0.1, -0.05) is 73.6 Å². The highest BCUT2D eigenvalue weighted by Gasteiger charge is 2.31. The van der Waals surface area contributed by atoms with Crippen molar-refractivity contribution in [1.82, 2.24) is 0 Å². The van der Waals surface area contributed by atoms with Gasteiger partial charge in [0.05, 0.1) is 0 Å². The third kappa shape index (κ3) is 3.22. The molecule has 0 saturated heterocycles. The van der Waals surface area contributed by atoms with Gasteiger partial charge in [-0.25, -0.2) is 0 Å². The maximum atomic E-state index is 2.39. The zero-order valence-corrected chi connectivity index (χ0v) is 14.2. The third-order valence-electron chi connectivity index (χ3n) is 4.89. The molecule has 0 spiro atoms. The van der Waals surface area contributed by atoms with Crippen LogP contribution in [-0.4, -0.2) is 0 Å². The molecule has 0 heterocycles. The Morgan fingerprint density at radius 3 is 1.84 bits per heavy atom. The van der Waals surface area contributed by atoms with Gasteiger partial charge >= 0.3 is 0 Å². The van der Waals surface area contributed by atoms with Gasteiger partial charge in [-0.3, -0.25) is 0 Å². The van der Waals surface area contributed by atoms with Gasteiger partial charge in [0, 0.05) is 0 Å². The van der Waals surface area contributed by atoms with E-state index in [0.717, 1.165) is 0 Å². The summed E-state index contributed by atoms with van der Waals surface area (Å²) in [6.07, 6.45) is 2.37. The van der Waals surface area contributed by atoms with E-state index in [2.05, 4.69) is 73.6 Å². The lowest BCUT2D eigenvalue weighted by molar-refractivity contribution is 0.450. The monoisotopic (exact) mass is 260 g/mol. The highest BCUT2D eigenvalue weighted by molar-refractivity contribution is 5.45. The number of hydrogen-bond donors (Lipinski definition) is 0. The van der Waals surface area contributed by atoms with Crippen molar-refractivity contribution < 1.29 is 0 Å². The summed E-state index contributed by atoms with van der Waals surface area (Å²) in [5.74, 6) is 0.591. The Morgan fingerprint density at radius 1 is 0.895 bits per heavy atom. The normalized spacial score (nSPS) is 13.1. The van der Waals surface area contributed by atoms with Crippen LogP contribution in [0.25, 0.3) is 0 Å². The maximum absolute atomic E-state index is 2.39. The average molecular weight is 260 g/mol. The van der Waals surface area contributed by atoms with Gasteiger partial charge < -0.3 is 0 Å². The molecule has 108 valence electrons. The standard InChI is InChI=1S/C19H32/c1-9-18(5,6)16-13-11-12-15(14(3)4)17(16)19(7,8)10-2/h11-14H,9-10H2,1-8H3. The van der Waals surface area contributed by atoms with Gasteiger partial charge in [0.1, 0.15) is 0 Å². The number of rotatable bonds is 5. The molecule has 0 saturated carbocycles. The average Bonchev–Trinajstić information content (AvgIpc) is 2.37. The zero-order chi connectivity index (χ0) is 14.8. The lowest BCUT2D eigenvalue weighted by Gasteiger charge is -2.36. The summed E-state index contributed by atoms with van der Waals surface area (Å²) in [4.78, 5) is 0. The molecule has 0 atom stereocenters. The molecule has 0 bridgehead atoms. The largest absolute Gasteiger partial charge is 0.0646 e.